The minimum absolute atomic E-state index is 0.00570. The minimum Gasteiger partial charge on any atom is -0.342 e. The van der Waals surface area contributed by atoms with E-state index in [1.165, 1.54) is 11.3 Å². The third-order valence-corrected chi connectivity index (χ3v) is 3.33. The van der Waals surface area contributed by atoms with Crippen LogP contribution in [-0.2, 0) is 4.79 Å². The van der Waals surface area contributed by atoms with E-state index in [1.54, 1.807) is 22.9 Å². The first-order chi connectivity index (χ1) is 7.18. The molecule has 1 aliphatic heterocycles. The van der Waals surface area contributed by atoms with Crippen LogP contribution in [0.15, 0.2) is 17.5 Å². The molecular formula is C10H12N2O2S. The van der Waals surface area contributed by atoms with Crippen molar-refractivity contribution < 1.29 is 9.59 Å². The number of amides is 2. The Kier molecular flexibility index (Phi) is 2.73. The van der Waals surface area contributed by atoms with Crippen molar-refractivity contribution in [3.05, 3.63) is 22.4 Å². The standard InChI is InChI=1S/C10H12N2O2S/c1-11-4-5-12(7-9(11)13)10(14)8-3-2-6-15-8/h2-3,6H,4-5,7H2,1H3. The van der Waals surface area contributed by atoms with E-state index in [9.17, 15) is 9.59 Å². The molecule has 0 atom stereocenters. The van der Waals surface area contributed by atoms with E-state index in [2.05, 4.69) is 0 Å². The van der Waals surface area contributed by atoms with Crippen molar-refractivity contribution in [3.63, 3.8) is 0 Å². The van der Waals surface area contributed by atoms with Crippen molar-refractivity contribution in [2.75, 3.05) is 26.7 Å². The zero-order valence-corrected chi connectivity index (χ0v) is 9.29. The molecule has 0 aromatic carbocycles. The largest absolute Gasteiger partial charge is 0.342 e. The Morgan fingerprint density at radius 1 is 1.47 bits per heavy atom. The molecule has 4 nitrogen and oxygen atoms in total. The van der Waals surface area contributed by atoms with Crippen molar-refractivity contribution in [1.82, 2.24) is 9.80 Å². The lowest BCUT2D eigenvalue weighted by Gasteiger charge is -2.31. The Labute approximate surface area is 92.1 Å². The number of hydrogen-bond donors (Lipinski definition) is 0. The molecule has 15 heavy (non-hydrogen) atoms. The lowest BCUT2D eigenvalue weighted by molar-refractivity contribution is -0.133. The van der Waals surface area contributed by atoms with Gasteiger partial charge < -0.3 is 9.80 Å². The molecule has 5 heteroatoms. The van der Waals surface area contributed by atoms with Crippen LogP contribution >= 0.6 is 11.3 Å². The lowest BCUT2D eigenvalue weighted by Crippen LogP contribution is -2.50. The molecule has 2 amide bonds. The molecule has 0 radical (unpaired) electrons. The van der Waals surface area contributed by atoms with Gasteiger partial charge in [-0.2, -0.15) is 0 Å². The monoisotopic (exact) mass is 224 g/mol. The summed E-state index contributed by atoms with van der Waals surface area (Å²) in [7, 11) is 1.76. The Morgan fingerprint density at radius 2 is 2.27 bits per heavy atom. The van der Waals surface area contributed by atoms with Gasteiger partial charge >= 0.3 is 0 Å². The Hall–Kier alpha value is -1.36. The van der Waals surface area contributed by atoms with Crippen LogP contribution in [0.25, 0.3) is 0 Å². The van der Waals surface area contributed by atoms with Gasteiger partial charge in [-0.1, -0.05) is 6.07 Å². The third-order valence-electron chi connectivity index (χ3n) is 2.48. The van der Waals surface area contributed by atoms with E-state index >= 15 is 0 Å². The van der Waals surface area contributed by atoms with Crippen molar-refractivity contribution in [1.29, 1.82) is 0 Å². The molecule has 2 heterocycles. The van der Waals surface area contributed by atoms with Gasteiger partial charge in [0.1, 0.15) is 6.54 Å². The molecular weight excluding hydrogens is 212 g/mol. The maximum absolute atomic E-state index is 11.9. The number of nitrogens with zero attached hydrogens (tertiary/aromatic N) is 2. The second kappa shape index (κ2) is 4.02. The predicted octanol–water partition coefficient (Wildman–Crippen LogP) is 0.662. The first kappa shape index (κ1) is 10.2. The fourth-order valence-corrected chi connectivity index (χ4v) is 2.18. The predicted molar refractivity (Wildman–Crippen MR) is 57.9 cm³/mol. The highest BCUT2D eigenvalue weighted by Gasteiger charge is 2.25. The molecule has 0 bridgehead atoms. The average molecular weight is 224 g/mol. The topological polar surface area (TPSA) is 40.6 Å². The number of hydrogen-bond acceptors (Lipinski definition) is 3. The lowest BCUT2D eigenvalue weighted by atomic mass is 10.3. The third kappa shape index (κ3) is 2.02. The summed E-state index contributed by atoms with van der Waals surface area (Å²) in [5.41, 5.74) is 0. The molecule has 0 saturated carbocycles. The van der Waals surface area contributed by atoms with Crippen LogP contribution in [-0.4, -0.2) is 48.3 Å². The number of piperazine rings is 1. The van der Waals surface area contributed by atoms with E-state index in [0.717, 1.165) is 0 Å². The number of carbonyl (C=O) groups is 2. The Morgan fingerprint density at radius 3 is 2.87 bits per heavy atom. The molecule has 1 saturated heterocycles. The molecule has 80 valence electrons. The van der Waals surface area contributed by atoms with Crippen LogP contribution in [0, 0.1) is 0 Å². The molecule has 0 aliphatic carbocycles. The van der Waals surface area contributed by atoms with Crippen LogP contribution < -0.4 is 0 Å². The van der Waals surface area contributed by atoms with Crippen molar-refractivity contribution >= 4 is 23.2 Å². The van der Waals surface area contributed by atoms with Crippen LogP contribution in [0.3, 0.4) is 0 Å². The maximum atomic E-state index is 11.9. The summed E-state index contributed by atoms with van der Waals surface area (Å²) in [6.45, 7) is 1.45. The first-order valence-electron chi connectivity index (χ1n) is 4.75. The summed E-state index contributed by atoms with van der Waals surface area (Å²) >= 11 is 1.41. The Balaban J connectivity index is 2.07. The van der Waals surface area contributed by atoms with E-state index in [4.69, 9.17) is 0 Å². The zero-order chi connectivity index (χ0) is 10.8. The smallest absolute Gasteiger partial charge is 0.264 e. The summed E-state index contributed by atoms with van der Waals surface area (Å²) in [6, 6.07) is 3.63. The number of carbonyl (C=O) groups excluding carboxylic acids is 2. The number of likely N-dealkylation sites (N-methyl/N-ethyl adjacent to an activating group) is 1. The second-order valence-corrected chi connectivity index (χ2v) is 4.47. The van der Waals surface area contributed by atoms with Gasteiger partial charge in [0.05, 0.1) is 4.88 Å². The van der Waals surface area contributed by atoms with Gasteiger partial charge in [-0.05, 0) is 11.4 Å². The quantitative estimate of drug-likeness (QED) is 0.703. The Bertz CT molecular complexity index is 375. The molecule has 0 unspecified atom stereocenters. The normalized spacial score (nSPS) is 17.0. The van der Waals surface area contributed by atoms with Gasteiger partial charge in [-0.15, -0.1) is 11.3 Å². The van der Waals surface area contributed by atoms with Gasteiger partial charge in [0.25, 0.3) is 5.91 Å². The second-order valence-electron chi connectivity index (χ2n) is 3.52. The maximum Gasteiger partial charge on any atom is 0.264 e. The molecule has 0 spiro atoms. The summed E-state index contributed by atoms with van der Waals surface area (Å²) in [5.74, 6) is -0.0300. The van der Waals surface area contributed by atoms with Gasteiger partial charge in [-0.3, -0.25) is 9.59 Å². The van der Waals surface area contributed by atoms with E-state index in [-0.39, 0.29) is 18.4 Å². The van der Waals surface area contributed by atoms with Crippen molar-refractivity contribution in [2.24, 2.45) is 0 Å². The summed E-state index contributed by atoms with van der Waals surface area (Å²) in [6.07, 6.45) is 0. The molecule has 1 aromatic rings. The van der Waals surface area contributed by atoms with E-state index < -0.39 is 0 Å². The summed E-state index contributed by atoms with van der Waals surface area (Å²) in [4.78, 5) is 27.3. The molecule has 1 fully saturated rings. The van der Waals surface area contributed by atoms with Gasteiger partial charge in [0.15, 0.2) is 0 Å². The highest BCUT2D eigenvalue weighted by Crippen LogP contribution is 2.13. The van der Waals surface area contributed by atoms with Crippen LogP contribution in [0.1, 0.15) is 9.67 Å². The molecule has 1 aromatic heterocycles. The summed E-state index contributed by atoms with van der Waals surface area (Å²) in [5, 5.41) is 1.87. The van der Waals surface area contributed by atoms with Gasteiger partial charge in [0, 0.05) is 20.1 Å². The number of rotatable bonds is 1. The van der Waals surface area contributed by atoms with E-state index in [1.807, 2.05) is 11.4 Å². The number of thiophene rings is 1. The van der Waals surface area contributed by atoms with Gasteiger partial charge in [-0.25, -0.2) is 0 Å². The minimum atomic E-state index is -0.0357. The molecule has 2 rings (SSSR count). The summed E-state index contributed by atoms with van der Waals surface area (Å²) < 4.78 is 0. The SMILES string of the molecule is CN1CCN(C(=O)c2cccs2)CC1=O. The zero-order valence-electron chi connectivity index (χ0n) is 8.47. The first-order valence-corrected chi connectivity index (χ1v) is 5.63. The fourth-order valence-electron chi connectivity index (χ4n) is 1.49. The van der Waals surface area contributed by atoms with Crippen molar-refractivity contribution in [2.45, 2.75) is 0 Å². The van der Waals surface area contributed by atoms with Crippen LogP contribution in [0.4, 0.5) is 0 Å². The van der Waals surface area contributed by atoms with E-state index in [0.29, 0.717) is 18.0 Å². The molecule has 0 N–H and O–H groups in total. The van der Waals surface area contributed by atoms with Crippen molar-refractivity contribution in [3.8, 4) is 0 Å². The fraction of sp³-hybridized carbons (Fsp3) is 0.400. The van der Waals surface area contributed by atoms with Crippen LogP contribution in [0.5, 0.6) is 0 Å². The van der Waals surface area contributed by atoms with Crippen LogP contribution in [0.2, 0.25) is 0 Å². The van der Waals surface area contributed by atoms with Gasteiger partial charge in [0.2, 0.25) is 5.91 Å². The highest BCUT2D eigenvalue weighted by molar-refractivity contribution is 7.12. The average Bonchev–Trinajstić information content (AvgIpc) is 2.74. The molecule has 1 aliphatic rings. The highest BCUT2D eigenvalue weighted by atomic mass is 32.1.